The molecule has 3 heteroatoms. The van der Waals surface area contributed by atoms with Gasteiger partial charge in [0.05, 0.1) is 6.26 Å². The Morgan fingerprint density at radius 3 is 3.00 bits per heavy atom. The second kappa shape index (κ2) is 5.06. The molecule has 0 spiro atoms. The van der Waals surface area contributed by atoms with E-state index in [1.165, 1.54) is 4.90 Å². The van der Waals surface area contributed by atoms with Crippen LogP contribution in [0.2, 0.25) is 0 Å². The van der Waals surface area contributed by atoms with Gasteiger partial charge < -0.3 is 10.2 Å². The molecule has 1 aromatic rings. The number of thioether (sulfide) groups is 1. The zero-order valence-electron chi connectivity index (χ0n) is 7.12. The monoisotopic (exact) mass is 183 g/mol. The Balaban J connectivity index is 2.33. The first-order valence-corrected chi connectivity index (χ1v) is 4.85. The van der Waals surface area contributed by atoms with Gasteiger partial charge in [0, 0.05) is 17.2 Å². The Morgan fingerprint density at radius 2 is 2.42 bits per heavy atom. The highest BCUT2D eigenvalue weighted by Gasteiger charge is 1.98. The summed E-state index contributed by atoms with van der Waals surface area (Å²) >= 11 is 1.76. The maximum absolute atomic E-state index is 5.30. The summed E-state index contributed by atoms with van der Waals surface area (Å²) in [5.41, 5.74) is 5.30. The van der Waals surface area contributed by atoms with Gasteiger partial charge in [-0.25, -0.2) is 0 Å². The highest BCUT2D eigenvalue weighted by atomic mass is 32.2. The van der Waals surface area contributed by atoms with Crippen molar-refractivity contribution in [2.75, 3.05) is 12.3 Å². The predicted molar refractivity (Wildman–Crippen MR) is 52.4 cm³/mol. The van der Waals surface area contributed by atoms with Crippen LogP contribution in [0.4, 0.5) is 0 Å². The van der Waals surface area contributed by atoms with E-state index in [1.807, 2.05) is 19.1 Å². The van der Waals surface area contributed by atoms with Crippen molar-refractivity contribution < 1.29 is 4.42 Å². The van der Waals surface area contributed by atoms with Crippen LogP contribution >= 0.6 is 11.8 Å². The first kappa shape index (κ1) is 9.42. The van der Waals surface area contributed by atoms with Gasteiger partial charge in [-0.05, 0) is 13.0 Å². The van der Waals surface area contributed by atoms with E-state index >= 15 is 0 Å². The highest BCUT2D eigenvalue weighted by molar-refractivity contribution is 7.99. The molecule has 1 heterocycles. The summed E-state index contributed by atoms with van der Waals surface area (Å²) < 4.78 is 5.15. The summed E-state index contributed by atoms with van der Waals surface area (Å²) in [6.45, 7) is 2.58. The third-order valence-electron chi connectivity index (χ3n) is 1.45. The van der Waals surface area contributed by atoms with Gasteiger partial charge in [0.2, 0.25) is 0 Å². The van der Waals surface area contributed by atoms with E-state index in [2.05, 4.69) is 6.08 Å². The minimum Gasteiger partial charge on any atom is -0.468 e. The van der Waals surface area contributed by atoms with Gasteiger partial charge in [0.25, 0.3) is 0 Å². The first-order chi connectivity index (χ1) is 5.84. The fourth-order valence-electron chi connectivity index (χ4n) is 0.825. The number of hydrogen-bond acceptors (Lipinski definition) is 3. The Kier molecular flexibility index (Phi) is 3.97. The van der Waals surface area contributed by atoms with Gasteiger partial charge in [0.15, 0.2) is 0 Å². The number of nitrogens with two attached hydrogens (primary N) is 1. The van der Waals surface area contributed by atoms with E-state index in [4.69, 9.17) is 10.2 Å². The van der Waals surface area contributed by atoms with Gasteiger partial charge >= 0.3 is 0 Å². The Hall–Kier alpha value is -0.670. The molecule has 0 fully saturated rings. The van der Waals surface area contributed by atoms with E-state index in [9.17, 15) is 0 Å². The molecule has 1 rings (SSSR count). The second-order valence-electron chi connectivity index (χ2n) is 2.36. The fourth-order valence-corrected chi connectivity index (χ4v) is 1.64. The molecular weight excluding hydrogens is 170 g/mol. The number of furan rings is 1. The molecule has 12 heavy (non-hydrogen) atoms. The quantitative estimate of drug-likeness (QED) is 0.574. The Labute approximate surface area is 76.8 Å². The van der Waals surface area contributed by atoms with Crippen LogP contribution in [0.5, 0.6) is 0 Å². The lowest BCUT2D eigenvalue weighted by atomic mass is 10.5. The van der Waals surface area contributed by atoms with Crippen molar-refractivity contribution in [3.63, 3.8) is 0 Å². The van der Waals surface area contributed by atoms with Crippen LogP contribution < -0.4 is 5.73 Å². The molecule has 1 aromatic heterocycles. The summed E-state index contributed by atoms with van der Waals surface area (Å²) in [5, 5.41) is 0. The zero-order valence-corrected chi connectivity index (χ0v) is 7.93. The van der Waals surface area contributed by atoms with Crippen LogP contribution in [0, 0.1) is 6.92 Å². The van der Waals surface area contributed by atoms with Crippen molar-refractivity contribution in [3.8, 4) is 0 Å². The molecule has 0 aromatic carbocycles. The molecule has 0 radical (unpaired) electrons. The average Bonchev–Trinajstić information content (AvgIpc) is 2.46. The number of aryl methyl sites for hydroxylation is 1. The molecule has 2 nitrogen and oxygen atoms in total. The standard InChI is InChI=1S/C9H13NOS/c1-8-9(4-6-11-8)12-7-3-2-5-10/h2-4,6H,5,7,10H2,1H3/b3-2+. The lowest BCUT2D eigenvalue weighted by molar-refractivity contribution is 0.527. The summed E-state index contributed by atoms with van der Waals surface area (Å²) in [4.78, 5) is 1.21. The van der Waals surface area contributed by atoms with E-state index < -0.39 is 0 Å². The third kappa shape index (κ3) is 2.75. The van der Waals surface area contributed by atoms with Crippen molar-refractivity contribution in [3.05, 3.63) is 30.2 Å². The number of rotatable bonds is 4. The normalized spacial score (nSPS) is 11.2. The first-order valence-electron chi connectivity index (χ1n) is 3.86. The van der Waals surface area contributed by atoms with Gasteiger partial charge in [-0.1, -0.05) is 12.2 Å². The second-order valence-corrected chi connectivity index (χ2v) is 3.42. The smallest absolute Gasteiger partial charge is 0.114 e. The molecular formula is C9H13NOS. The summed E-state index contributed by atoms with van der Waals surface area (Å²) in [6, 6.07) is 1.98. The molecule has 0 bridgehead atoms. The van der Waals surface area contributed by atoms with E-state index in [1.54, 1.807) is 18.0 Å². The van der Waals surface area contributed by atoms with Crippen LogP contribution in [-0.2, 0) is 0 Å². The zero-order chi connectivity index (χ0) is 8.81. The van der Waals surface area contributed by atoms with E-state index in [0.29, 0.717) is 6.54 Å². The molecule has 66 valence electrons. The minimum atomic E-state index is 0.616. The molecule has 0 aliphatic rings. The van der Waals surface area contributed by atoms with Gasteiger partial charge in [-0.15, -0.1) is 11.8 Å². The molecule has 2 N–H and O–H groups in total. The van der Waals surface area contributed by atoms with Crippen molar-refractivity contribution in [1.29, 1.82) is 0 Å². The lowest BCUT2D eigenvalue weighted by Gasteiger charge is -1.93. The van der Waals surface area contributed by atoms with Crippen LogP contribution in [0.15, 0.2) is 33.8 Å². The molecule has 0 aliphatic carbocycles. The van der Waals surface area contributed by atoms with Crippen molar-refractivity contribution in [1.82, 2.24) is 0 Å². The molecule has 0 saturated carbocycles. The summed E-state index contributed by atoms with van der Waals surface area (Å²) in [6.07, 6.45) is 5.74. The van der Waals surface area contributed by atoms with Gasteiger partial charge in [-0.2, -0.15) is 0 Å². The maximum Gasteiger partial charge on any atom is 0.114 e. The Morgan fingerprint density at radius 1 is 1.58 bits per heavy atom. The van der Waals surface area contributed by atoms with E-state index in [0.717, 1.165) is 11.5 Å². The lowest BCUT2D eigenvalue weighted by Crippen LogP contribution is -1.92. The van der Waals surface area contributed by atoms with Crippen LogP contribution in [-0.4, -0.2) is 12.3 Å². The van der Waals surface area contributed by atoms with Crippen LogP contribution in [0.25, 0.3) is 0 Å². The molecule has 0 saturated heterocycles. The summed E-state index contributed by atoms with van der Waals surface area (Å²) in [5.74, 6) is 1.94. The van der Waals surface area contributed by atoms with Crippen LogP contribution in [0.3, 0.4) is 0 Å². The number of hydrogen-bond donors (Lipinski definition) is 1. The van der Waals surface area contributed by atoms with Gasteiger partial charge in [0.1, 0.15) is 5.76 Å². The minimum absolute atomic E-state index is 0.616. The van der Waals surface area contributed by atoms with Crippen LogP contribution in [0.1, 0.15) is 5.76 Å². The largest absolute Gasteiger partial charge is 0.468 e. The van der Waals surface area contributed by atoms with Crippen molar-refractivity contribution in [2.45, 2.75) is 11.8 Å². The Bertz CT molecular complexity index is 255. The molecule has 0 atom stereocenters. The van der Waals surface area contributed by atoms with Crippen molar-refractivity contribution in [2.24, 2.45) is 5.73 Å². The predicted octanol–water partition coefficient (Wildman–Crippen LogP) is 2.20. The molecule has 0 unspecified atom stereocenters. The average molecular weight is 183 g/mol. The third-order valence-corrected chi connectivity index (χ3v) is 2.54. The fraction of sp³-hybridized carbons (Fsp3) is 0.333. The van der Waals surface area contributed by atoms with Gasteiger partial charge in [-0.3, -0.25) is 0 Å². The topological polar surface area (TPSA) is 39.2 Å². The maximum atomic E-state index is 5.30. The SMILES string of the molecule is Cc1occc1SC/C=C/CN. The molecule has 0 amide bonds. The summed E-state index contributed by atoms with van der Waals surface area (Å²) in [7, 11) is 0. The highest BCUT2D eigenvalue weighted by Crippen LogP contribution is 2.22. The van der Waals surface area contributed by atoms with Crippen molar-refractivity contribution >= 4 is 11.8 Å². The van der Waals surface area contributed by atoms with E-state index in [-0.39, 0.29) is 0 Å². The molecule has 0 aliphatic heterocycles.